The molecule has 6 aromatic rings. The minimum atomic E-state index is -1.39. The van der Waals surface area contributed by atoms with Gasteiger partial charge in [0.15, 0.2) is 12.2 Å². The fourth-order valence-corrected chi connectivity index (χ4v) is 9.94. The number of likely N-dealkylation sites (N-methyl/N-ethyl adjacent to an activating group) is 1. The Bertz CT molecular complexity index is 2960. The molecule has 72 heavy (non-hydrogen) atoms. The van der Waals surface area contributed by atoms with Crippen LogP contribution in [0.2, 0.25) is 0 Å². The lowest BCUT2D eigenvalue weighted by Crippen LogP contribution is -2.45. The summed E-state index contributed by atoms with van der Waals surface area (Å²) in [5.41, 5.74) is 8.28. The second-order valence-electron chi connectivity index (χ2n) is 19.0. The van der Waals surface area contributed by atoms with Crippen LogP contribution in [0.15, 0.2) is 139 Å². The fraction of sp³-hybridized carbons (Fsp3) is 0.322. The second kappa shape index (κ2) is 21.9. The maximum Gasteiger partial charge on any atom is 0.302 e. The number of halogens is 2. The number of rotatable bonds is 11. The van der Waals surface area contributed by atoms with Crippen LogP contribution in [0.3, 0.4) is 0 Å². The van der Waals surface area contributed by atoms with E-state index in [2.05, 4.69) is 35.7 Å². The fourth-order valence-electron chi connectivity index (χ4n) is 9.94. The zero-order valence-electron chi connectivity index (χ0n) is 41.1. The highest BCUT2D eigenvalue weighted by Gasteiger charge is 2.63. The van der Waals surface area contributed by atoms with Crippen LogP contribution in [0.4, 0.5) is 8.78 Å². The number of nitrogens with one attached hydrogen (secondary N) is 1. The van der Waals surface area contributed by atoms with E-state index in [1.54, 1.807) is 45.2 Å². The van der Waals surface area contributed by atoms with Crippen molar-refractivity contribution in [2.45, 2.75) is 88.5 Å². The maximum atomic E-state index is 13.7. The molecule has 0 aromatic heterocycles. The van der Waals surface area contributed by atoms with E-state index in [4.69, 9.17) is 23.7 Å². The van der Waals surface area contributed by atoms with Crippen LogP contribution in [0.25, 0.3) is 6.08 Å². The Labute approximate surface area is 419 Å². The molecule has 4 N–H and O–H groups in total. The Hall–Kier alpha value is -6.74. The van der Waals surface area contributed by atoms with Crippen LogP contribution in [0, 0.1) is 25.5 Å². The molecule has 0 radical (unpaired) electrons. The molecule has 1 heterocycles. The van der Waals surface area contributed by atoms with E-state index in [-0.39, 0.29) is 35.3 Å². The van der Waals surface area contributed by atoms with E-state index in [1.807, 2.05) is 72.8 Å². The van der Waals surface area contributed by atoms with Crippen LogP contribution in [0.5, 0.6) is 11.5 Å². The standard InChI is InChI=1S/C18H20FNO2.C17H17FO3.C12H12O3.C12H12O2/c1-12-15(19)8-5-9-16(12)22-17-14-7-4-3-6-13(14)10-18(17,21)11-20-2;1-11-14(18)7-4-8-15(11)21-16-13-6-3-2-5-12(13)9-17(16,20)10-19;1-8(13)14-7-12-6-9-4-2-3-5-10(9)11(12)15-12;1-9(13)14-8-10-6-11-4-2-3-5-12(11)7-10/h3-9,17,20-21H,10-11H2,1-2H3;2-8,16,19-20H,9-10H2,1H3;2-5,11H,6-7H2,1H3;2-6H,7-8H2,1H3/t17-,18+;16-,17+;11-,12-;/m001./s1. The monoisotopic (exact) mass is 981 g/mol. The molecular weight excluding hydrogens is 921 g/mol. The van der Waals surface area contributed by atoms with Gasteiger partial charge in [0, 0.05) is 50.8 Å². The lowest BCUT2D eigenvalue weighted by atomic mass is 9.97. The summed E-state index contributed by atoms with van der Waals surface area (Å²) in [6.07, 6.45) is 3.62. The van der Waals surface area contributed by atoms with E-state index in [0.717, 1.165) is 35.1 Å². The van der Waals surface area contributed by atoms with Crippen molar-refractivity contribution in [2.24, 2.45) is 0 Å². The van der Waals surface area contributed by atoms with Crippen molar-refractivity contribution in [1.82, 2.24) is 5.32 Å². The first-order valence-electron chi connectivity index (χ1n) is 24.1. The van der Waals surface area contributed by atoms with Gasteiger partial charge in [-0.1, -0.05) is 115 Å². The van der Waals surface area contributed by atoms with Crippen molar-refractivity contribution >= 4 is 18.0 Å². The maximum absolute atomic E-state index is 13.7. The molecule has 1 fully saturated rings. The van der Waals surface area contributed by atoms with Crippen molar-refractivity contribution in [2.75, 3.05) is 33.4 Å². The summed E-state index contributed by atoms with van der Waals surface area (Å²) in [7, 11) is 1.80. The van der Waals surface area contributed by atoms with Gasteiger partial charge in [-0.2, -0.15) is 0 Å². The van der Waals surface area contributed by atoms with Gasteiger partial charge in [0.1, 0.15) is 59.3 Å². The molecule has 13 heteroatoms. The topological polar surface area (TPSA) is 156 Å². The predicted octanol–water partition coefficient (Wildman–Crippen LogP) is 9.10. The molecule has 0 unspecified atom stereocenters. The lowest BCUT2D eigenvalue weighted by molar-refractivity contribution is -0.143. The van der Waals surface area contributed by atoms with Gasteiger partial charge in [-0.15, -0.1) is 0 Å². The average Bonchev–Trinajstić information content (AvgIpc) is 3.59. The molecule has 11 rings (SSSR count). The first-order valence-corrected chi connectivity index (χ1v) is 24.1. The first-order chi connectivity index (χ1) is 34.6. The molecule has 1 aliphatic heterocycles. The van der Waals surface area contributed by atoms with Crippen molar-refractivity contribution in [3.8, 4) is 11.5 Å². The lowest BCUT2D eigenvalue weighted by Gasteiger charge is -2.31. The zero-order valence-corrected chi connectivity index (χ0v) is 41.1. The van der Waals surface area contributed by atoms with Gasteiger partial charge in [-0.3, -0.25) is 9.59 Å². The van der Waals surface area contributed by atoms with E-state index >= 15 is 0 Å². The number of aliphatic hydroxyl groups is 3. The van der Waals surface area contributed by atoms with Gasteiger partial charge in [0.05, 0.1) is 6.61 Å². The minimum Gasteiger partial charge on any atom is -0.482 e. The number of hydrogen-bond acceptors (Lipinski definition) is 11. The Morgan fingerprint density at radius 1 is 0.639 bits per heavy atom. The Kier molecular flexibility index (Phi) is 15.7. The van der Waals surface area contributed by atoms with Gasteiger partial charge in [-0.25, -0.2) is 8.78 Å². The molecule has 6 atom stereocenters. The zero-order chi connectivity index (χ0) is 51.2. The van der Waals surface area contributed by atoms with Gasteiger partial charge in [-0.05, 0) is 102 Å². The summed E-state index contributed by atoms with van der Waals surface area (Å²) in [5, 5.41) is 34.2. The van der Waals surface area contributed by atoms with E-state index in [1.165, 1.54) is 53.8 Å². The van der Waals surface area contributed by atoms with Crippen LogP contribution in [-0.2, 0) is 49.5 Å². The molecule has 0 bridgehead atoms. The third-order valence-electron chi connectivity index (χ3n) is 13.7. The number of epoxide rings is 1. The highest BCUT2D eigenvalue weighted by molar-refractivity contribution is 5.68. The molecule has 376 valence electrons. The summed E-state index contributed by atoms with van der Waals surface area (Å²) in [5.74, 6) is -0.275. The number of fused-ring (bicyclic) bond motifs is 6. The van der Waals surface area contributed by atoms with Crippen LogP contribution >= 0.6 is 0 Å². The molecule has 0 amide bonds. The quantitative estimate of drug-likeness (QED) is 0.0726. The molecule has 11 nitrogen and oxygen atoms in total. The summed E-state index contributed by atoms with van der Waals surface area (Å²) >= 11 is 0. The third kappa shape index (κ3) is 11.3. The molecule has 1 saturated heterocycles. The first kappa shape index (κ1) is 51.6. The number of benzene rings is 6. The number of carbonyl (C=O) groups is 2. The van der Waals surface area contributed by atoms with Gasteiger partial charge >= 0.3 is 11.9 Å². The van der Waals surface area contributed by atoms with E-state index in [0.29, 0.717) is 55.2 Å². The van der Waals surface area contributed by atoms with Crippen molar-refractivity contribution in [3.05, 3.63) is 206 Å². The Morgan fingerprint density at radius 3 is 1.64 bits per heavy atom. The summed E-state index contributed by atoms with van der Waals surface area (Å²) in [6.45, 7) is 6.96. The predicted molar refractivity (Wildman–Crippen MR) is 268 cm³/mol. The van der Waals surface area contributed by atoms with Crippen LogP contribution in [0.1, 0.15) is 87.8 Å². The number of carbonyl (C=O) groups excluding carboxylic acids is 2. The van der Waals surface area contributed by atoms with Gasteiger partial charge in [0.25, 0.3) is 0 Å². The van der Waals surface area contributed by atoms with Crippen molar-refractivity contribution in [1.29, 1.82) is 0 Å². The number of aliphatic hydroxyl groups excluding tert-OH is 1. The SMILES string of the molecule is CC(=O)OCC1=Cc2ccccc2C1.CC(=O)OC[C@]12Cc3ccccc3[C@H]1O2.CNC[C@]1(O)Cc2ccccc2[C@@H]1Oc1cccc(F)c1C.Cc1c(F)cccc1O[C@H]1c2ccccc2C[C@@]1(O)CO. The summed E-state index contributed by atoms with van der Waals surface area (Å²) in [4.78, 5) is 21.4. The Balaban J connectivity index is 0.000000131. The molecule has 0 saturated carbocycles. The highest BCUT2D eigenvalue weighted by atomic mass is 19.1. The van der Waals surface area contributed by atoms with E-state index < -0.39 is 30.0 Å². The van der Waals surface area contributed by atoms with Crippen LogP contribution in [-0.4, -0.2) is 77.5 Å². The summed E-state index contributed by atoms with van der Waals surface area (Å²) < 4.78 is 54.9. The second-order valence-corrected chi connectivity index (χ2v) is 19.0. The molecule has 6 aromatic carbocycles. The normalized spacial score (nSPS) is 23.1. The average molecular weight is 982 g/mol. The molecule has 5 aliphatic rings. The molecular formula is C59H61F2NO10. The number of hydrogen-bond donors (Lipinski definition) is 4. The summed E-state index contributed by atoms with van der Waals surface area (Å²) in [6, 6.07) is 41.2. The smallest absolute Gasteiger partial charge is 0.302 e. The third-order valence-corrected chi connectivity index (χ3v) is 13.7. The number of esters is 2. The van der Waals surface area contributed by atoms with Gasteiger partial charge < -0.3 is 44.3 Å². The Morgan fingerprint density at radius 2 is 1.12 bits per heavy atom. The molecule has 4 aliphatic carbocycles. The molecule has 0 spiro atoms. The van der Waals surface area contributed by atoms with Crippen molar-refractivity contribution < 1.29 is 57.4 Å². The van der Waals surface area contributed by atoms with Crippen LogP contribution < -0.4 is 14.8 Å². The highest BCUT2D eigenvalue weighted by Crippen LogP contribution is 2.58. The number of ether oxygens (including phenoxy) is 5. The van der Waals surface area contributed by atoms with Crippen molar-refractivity contribution in [3.63, 3.8) is 0 Å². The van der Waals surface area contributed by atoms with E-state index in [9.17, 15) is 33.7 Å². The van der Waals surface area contributed by atoms with Gasteiger partial charge in [0.2, 0.25) is 0 Å². The largest absolute Gasteiger partial charge is 0.482 e. The minimum absolute atomic E-state index is 0.146.